The zero-order chi connectivity index (χ0) is 12.8. The molecule has 0 aliphatic rings. The highest BCUT2D eigenvalue weighted by molar-refractivity contribution is 9.10. The van der Waals surface area contributed by atoms with Crippen LogP contribution in [0.4, 0.5) is 0 Å². The van der Waals surface area contributed by atoms with Crippen molar-refractivity contribution in [2.24, 2.45) is 5.73 Å². The third-order valence-electron chi connectivity index (χ3n) is 2.36. The van der Waals surface area contributed by atoms with Crippen LogP contribution in [0, 0.1) is 0 Å². The number of aromatic nitrogens is 4. The lowest BCUT2D eigenvalue weighted by atomic mass is 10.4. The van der Waals surface area contributed by atoms with Gasteiger partial charge in [-0.05, 0) is 47.7 Å². The van der Waals surface area contributed by atoms with Crippen LogP contribution in [-0.2, 0) is 12.3 Å². The Bertz CT molecular complexity index is 484. The van der Waals surface area contributed by atoms with Gasteiger partial charge in [0.15, 0.2) is 5.82 Å². The van der Waals surface area contributed by atoms with Crippen LogP contribution in [-0.4, -0.2) is 26.8 Å². The molecule has 96 valence electrons. The summed E-state index contributed by atoms with van der Waals surface area (Å²) in [4.78, 5) is 1.20. The van der Waals surface area contributed by atoms with E-state index in [1.165, 1.54) is 4.90 Å². The SMILES string of the molecule is NCCCn1nnnc1CSc1ccc(Br)cc1. The summed E-state index contributed by atoms with van der Waals surface area (Å²) in [5.74, 6) is 1.65. The van der Waals surface area contributed by atoms with E-state index in [0.717, 1.165) is 29.0 Å². The Kier molecular flexibility index (Phi) is 5.15. The van der Waals surface area contributed by atoms with Crippen molar-refractivity contribution < 1.29 is 0 Å². The Morgan fingerprint density at radius 1 is 1.28 bits per heavy atom. The molecule has 18 heavy (non-hydrogen) atoms. The Morgan fingerprint density at radius 2 is 2.06 bits per heavy atom. The number of benzene rings is 1. The summed E-state index contributed by atoms with van der Waals surface area (Å²) in [5, 5.41) is 11.7. The summed E-state index contributed by atoms with van der Waals surface area (Å²) in [6.07, 6.45) is 0.890. The summed E-state index contributed by atoms with van der Waals surface area (Å²) in [6.45, 7) is 1.43. The Hall–Kier alpha value is -0.920. The van der Waals surface area contributed by atoms with E-state index < -0.39 is 0 Å². The third-order valence-corrected chi connectivity index (χ3v) is 3.90. The molecule has 2 N–H and O–H groups in total. The minimum absolute atomic E-state index is 0.652. The molecule has 0 saturated heterocycles. The number of halogens is 1. The molecule has 1 aromatic heterocycles. The zero-order valence-electron chi connectivity index (χ0n) is 9.79. The average Bonchev–Trinajstić information content (AvgIpc) is 2.83. The normalized spacial score (nSPS) is 10.8. The maximum absolute atomic E-state index is 5.48. The lowest BCUT2D eigenvalue weighted by Gasteiger charge is -2.03. The second-order valence-corrected chi connectivity index (χ2v) is 5.67. The minimum atomic E-state index is 0.652. The first kappa shape index (κ1) is 13.5. The number of hydrogen-bond acceptors (Lipinski definition) is 5. The van der Waals surface area contributed by atoms with E-state index in [0.29, 0.717) is 6.54 Å². The molecule has 2 rings (SSSR count). The second kappa shape index (κ2) is 6.86. The van der Waals surface area contributed by atoms with E-state index in [2.05, 4.69) is 43.6 Å². The first-order valence-corrected chi connectivity index (χ1v) is 7.41. The molecule has 1 heterocycles. The molecule has 0 fully saturated rings. The maximum Gasteiger partial charge on any atom is 0.161 e. The molecule has 0 radical (unpaired) electrons. The third kappa shape index (κ3) is 3.79. The summed E-state index contributed by atoms with van der Waals surface area (Å²) in [7, 11) is 0. The van der Waals surface area contributed by atoms with Gasteiger partial charge in [-0.25, -0.2) is 4.68 Å². The van der Waals surface area contributed by atoms with E-state index in [4.69, 9.17) is 5.73 Å². The molecular formula is C11H14BrN5S. The van der Waals surface area contributed by atoms with Gasteiger partial charge in [0.25, 0.3) is 0 Å². The van der Waals surface area contributed by atoms with Crippen LogP contribution in [0.15, 0.2) is 33.6 Å². The van der Waals surface area contributed by atoms with Crippen molar-refractivity contribution in [3.05, 3.63) is 34.6 Å². The standard InChI is InChI=1S/C11H14BrN5S/c12-9-2-4-10(5-3-9)18-8-11-14-15-16-17(11)7-1-6-13/h2-5H,1,6-8,13H2. The first-order chi connectivity index (χ1) is 8.79. The van der Waals surface area contributed by atoms with Crippen LogP contribution in [0.2, 0.25) is 0 Å². The van der Waals surface area contributed by atoms with Gasteiger partial charge in [-0.15, -0.1) is 16.9 Å². The quantitative estimate of drug-likeness (QED) is 0.822. The van der Waals surface area contributed by atoms with Gasteiger partial charge in [0.1, 0.15) is 0 Å². The molecule has 0 bridgehead atoms. The van der Waals surface area contributed by atoms with Gasteiger partial charge in [0.2, 0.25) is 0 Å². The van der Waals surface area contributed by atoms with E-state index in [-0.39, 0.29) is 0 Å². The molecule has 2 aromatic rings. The fraction of sp³-hybridized carbons (Fsp3) is 0.364. The van der Waals surface area contributed by atoms with Gasteiger partial charge in [-0.2, -0.15) is 0 Å². The van der Waals surface area contributed by atoms with Crippen molar-refractivity contribution in [1.29, 1.82) is 0 Å². The van der Waals surface area contributed by atoms with E-state index in [1.54, 1.807) is 11.8 Å². The zero-order valence-corrected chi connectivity index (χ0v) is 12.2. The predicted octanol–water partition coefficient (Wildman–Crippen LogP) is 2.08. The van der Waals surface area contributed by atoms with Gasteiger partial charge < -0.3 is 5.73 Å². The highest BCUT2D eigenvalue weighted by atomic mass is 79.9. The summed E-state index contributed by atoms with van der Waals surface area (Å²) >= 11 is 5.14. The highest BCUT2D eigenvalue weighted by Crippen LogP contribution is 2.23. The largest absolute Gasteiger partial charge is 0.330 e. The van der Waals surface area contributed by atoms with Gasteiger partial charge in [-0.3, -0.25) is 0 Å². The van der Waals surface area contributed by atoms with Crippen LogP contribution in [0.3, 0.4) is 0 Å². The molecule has 7 heteroatoms. The van der Waals surface area contributed by atoms with Gasteiger partial charge in [-0.1, -0.05) is 15.9 Å². The lowest BCUT2D eigenvalue weighted by molar-refractivity contribution is 0.551. The Morgan fingerprint density at radius 3 is 2.78 bits per heavy atom. The fourth-order valence-electron chi connectivity index (χ4n) is 1.42. The topological polar surface area (TPSA) is 69.6 Å². The molecule has 0 amide bonds. The van der Waals surface area contributed by atoms with E-state index >= 15 is 0 Å². The molecule has 0 aliphatic carbocycles. The monoisotopic (exact) mass is 327 g/mol. The summed E-state index contributed by atoms with van der Waals surface area (Å²) in [6, 6.07) is 8.20. The number of aryl methyl sites for hydroxylation is 1. The molecule has 0 spiro atoms. The molecule has 0 saturated carbocycles. The smallest absolute Gasteiger partial charge is 0.161 e. The predicted molar refractivity (Wildman–Crippen MR) is 75.2 cm³/mol. The molecular weight excluding hydrogens is 314 g/mol. The van der Waals surface area contributed by atoms with Crippen molar-refractivity contribution in [2.75, 3.05) is 6.54 Å². The number of rotatable bonds is 6. The maximum atomic E-state index is 5.48. The van der Waals surface area contributed by atoms with Crippen molar-refractivity contribution in [3.8, 4) is 0 Å². The second-order valence-electron chi connectivity index (χ2n) is 3.70. The molecule has 0 atom stereocenters. The number of nitrogens with two attached hydrogens (primary N) is 1. The highest BCUT2D eigenvalue weighted by Gasteiger charge is 2.06. The van der Waals surface area contributed by atoms with E-state index in [9.17, 15) is 0 Å². The molecule has 1 aromatic carbocycles. The van der Waals surface area contributed by atoms with Gasteiger partial charge in [0, 0.05) is 15.9 Å². The van der Waals surface area contributed by atoms with Crippen molar-refractivity contribution in [2.45, 2.75) is 23.6 Å². The lowest BCUT2D eigenvalue weighted by Crippen LogP contribution is -2.09. The summed E-state index contributed by atoms with van der Waals surface area (Å²) in [5.41, 5.74) is 5.48. The average molecular weight is 328 g/mol. The van der Waals surface area contributed by atoms with Gasteiger partial charge >= 0.3 is 0 Å². The number of tetrazole rings is 1. The molecule has 0 aliphatic heterocycles. The van der Waals surface area contributed by atoms with Crippen LogP contribution < -0.4 is 5.73 Å². The Labute approximate surface area is 118 Å². The first-order valence-electron chi connectivity index (χ1n) is 5.63. The number of thioether (sulfide) groups is 1. The van der Waals surface area contributed by atoms with Gasteiger partial charge in [0.05, 0.1) is 5.75 Å². The number of nitrogens with zero attached hydrogens (tertiary/aromatic N) is 4. The summed E-state index contributed by atoms with van der Waals surface area (Å²) < 4.78 is 2.90. The van der Waals surface area contributed by atoms with Crippen molar-refractivity contribution in [1.82, 2.24) is 20.2 Å². The minimum Gasteiger partial charge on any atom is -0.330 e. The molecule has 0 unspecified atom stereocenters. The Balaban J connectivity index is 1.93. The van der Waals surface area contributed by atoms with Crippen LogP contribution in [0.1, 0.15) is 12.2 Å². The van der Waals surface area contributed by atoms with Crippen molar-refractivity contribution in [3.63, 3.8) is 0 Å². The van der Waals surface area contributed by atoms with E-state index in [1.807, 2.05) is 16.8 Å². The molecule has 5 nitrogen and oxygen atoms in total. The number of hydrogen-bond donors (Lipinski definition) is 1. The van der Waals surface area contributed by atoms with Crippen LogP contribution >= 0.6 is 27.7 Å². The fourth-order valence-corrected chi connectivity index (χ4v) is 2.52. The van der Waals surface area contributed by atoms with Crippen molar-refractivity contribution >= 4 is 27.7 Å². The van der Waals surface area contributed by atoms with Crippen LogP contribution in [0.5, 0.6) is 0 Å². The van der Waals surface area contributed by atoms with Crippen LogP contribution in [0.25, 0.3) is 0 Å².